The normalized spacial score (nSPS) is 20.0. The molecule has 0 spiro atoms. The van der Waals surface area contributed by atoms with E-state index in [1.165, 1.54) is 12.8 Å². The fourth-order valence-corrected chi connectivity index (χ4v) is 4.14. The predicted octanol–water partition coefficient (Wildman–Crippen LogP) is 4.86. The number of imidazole rings is 1. The summed E-state index contributed by atoms with van der Waals surface area (Å²) < 4.78 is 2.09. The Labute approximate surface area is 170 Å². The summed E-state index contributed by atoms with van der Waals surface area (Å²) in [7, 11) is 0. The minimum Gasteiger partial charge on any atom is -0.338 e. The fraction of sp³-hybridized carbons (Fsp3) is 0.476. The van der Waals surface area contributed by atoms with Gasteiger partial charge < -0.3 is 15.6 Å². The molecule has 0 unspecified atom stereocenters. The molecule has 7 heteroatoms. The van der Waals surface area contributed by atoms with Crippen molar-refractivity contribution in [2.75, 3.05) is 5.32 Å². The zero-order chi connectivity index (χ0) is 19.7. The average molecular weight is 399 g/mol. The lowest BCUT2D eigenvalue weighted by molar-refractivity contribution is 0.302. The van der Waals surface area contributed by atoms with Crippen LogP contribution in [0.1, 0.15) is 51.4 Å². The maximum Gasteiger partial charge on any atom is 0.166 e. The van der Waals surface area contributed by atoms with Crippen molar-refractivity contribution in [1.82, 2.24) is 19.5 Å². The Hall–Kier alpha value is -2.18. The SMILES string of the molecule is CC(C)n1cnc2c(Nc3cccc(Cl)c3)nc(C[C@H]3CCCC[C@H]3N)nc21. The molecular weight excluding hydrogens is 372 g/mol. The van der Waals surface area contributed by atoms with Gasteiger partial charge in [0.1, 0.15) is 5.82 Å². The minimum atomic E-state index is 0.229. The molecule has 0 saturated heterocycles. The number of hydrogen-bond donors (Lipinski definition) is 2. The third kappa shape index (κ3) is 3.98. The fourth-order valence-electron chi connectivity index (χ4n) is 3.95. The number of nitrogens with two attached hydrogens (primary N) is 1. The Morgan fingerprint density at radius 2 is 2.07 bits per heavy atom. The van der Waals surface area contributed by atoms with E-state index in [0.717, 1.165) is 41.9 Å². The molecule has 1 aliphatic rings. The second-order valence-corrected chi connectivity index (χ2v) is 8.39. The molecule has 1 aliphatic carbocycles. The summed E-state index contributed by atoms with van der Waals surface area (Å²) in [5.74, 6) is 1.97. The Morgan fingerprint density at radius 3 is 2.82 bits per heavy atom. The molecule has 2 heterocycles. The quantitative estimate of drug-likeness (QED) is 0.641. The summed E-state index contributed by atoms with van der Waals surface area (Å²) in [5.41, 5.74) is 8.88. The van der Waals surface area contributed by atoms with Crippen molar-refractivity contribution < 1.29 is 0 Å². The first-order chi connectivity index (χ1) is 13.5. The molecule has 0 aliphatic heterocycles. The van der Waals surface area contributed by atoms with Crippen LogP contribution < -0.4 is 11.1 Å². The third-order valence-electron chi connectivity index (χ3n) is 5.52. The lowest BCUT2D eigenvalue weighted by Crippen LogP contribution is -2.34. The first kappa shape index (κ1) is 19.2. The molecular formula is C21H27ClN6. The number of nitrogens with zero attached hydrogens (tertiary/aromatic N) is 4. The molecule has 0 amide bonds. The molecule has 1 fully saturated rings. The van der Waals surface area contributed by atoms with Gasteiger partial charge in [-0.05, 0) is 50.8 Å². The largest absolute Gasteiger partial charge is 0.338 e. The molecule has 1 aromatic carbocycles. The predicted molar refractivity (Wildman–Crippen MR) is 114 cm³/mol. The van der Waals surface area contributed by atoms with Gasteiger partial charge in [0.25, 0.3) is 0 Å². The van der Waals surface area contributed by atoms with Crippen molar-refractivity contribution in [2.45, 2.75) is 58.0 Å². The van der Waals surface area contributed by atoms with Gasteiger partial charge in [0.05, 0.1) is 6.33 Å². The number of aromatic nitrogens is 4. The topological polar surface area (TPSA) is 81.7 Å². The van der Waals surface area contributed by atoms with Crippen LogP contribution in [0.3, 0.4) is 0 Å². The molecule has 2 atom stereocenters. The summed E-state index contributed by atoms with van der Waals surface area (Å²) in [5, 5.41) is 4.06. The van der Waals surface area contributed by atoms with Crippen LogP contribution in [0.2, 0.25) is 5.02 Å². The number of anilines is 2. The molecule has 148 valence electrons. The highest BCUT2D eigenvalue weighted by Gasteiger charge is 2.24. The number of hydrogen-bond acceptors (Lipinski definition) is 5. The standard InChI is InChI=1S/C21H27ClN6/c1-13(2)28-12-24-19-20(25-16-8-5-7-15(22)11-16)26-18(27-21(19)28)10-14-6-3-4-9-17(14)23/h5,7-8,11-14,17H,3-4,6,9-10,23H2,1-2H3,(H,25,26,27)/t14-,17-/m1/s1. The van der Waals surface area contributed by atoms with E-state index in [1.807, 2.05) is 30.6 Å². The first-order valence-electron chi connectivity index (χ1n) is 10.0. The molecule has 1 saturated carbocycles. The molecule has 28 heavy (non-hydrogen) atoms. The Kier molecular flexibility index (Phi) is 5.51. The Morgan fingerprint density at radius 1 is 1.25 bits per heavy atom. The average Bonchev–Trinajstić information content (AvgIpc) is 3.08. The summed E-state index contributed by atoms with van der Waals surface area (Å²) in [6.45, 7) is 4.26. The van der Waals surface area contributed by atoms with Crippen molar-refractivity contribution in [3.63, 3.8) is 0 Å². The van der Waals surface area contributed by atoms with Crippen LogP contribution in [0.4, 0.5) is 11.5 Å². The zero-order valence-corrected chi connectivity index (χ0v) is 17.2. The van der Waals surface area contributed by atoms with Gasteiger partial charge in [-0.15, -0.1) is 0 Å². The van der Waals surface area contributed by atoms with Crippen LogP contribution in [0.15, 0.2) is 30.6 Å². The highest BCUT2D eigenvalue weighted by atomic mass is 35.5. The Balaban J connectivity index is 1.74. The Bertz CT molecular complexity index is 967. The van der Waals surface area contributed by atoms with Gasteiger partial charge in [-0.2, -0.15) is 0 Å². The van der Waals surface area contributed by atoms with Gasteiger partial charge >= 0.3 is 0 Å². The van der Waals surface area contributed by atoms with Crippen LogP contribution in [0.25, 0.3) is 11.2 Å². The molecule has 3 aromatic rings. The van der Waals surface area contributed by atoms with Crippen molar-refractivity contribution in [1.29, 1.82) is 0 Å². The van der Waals surface area contributed by atoms with Crippen molar-refractivity contribution >= 4 is 34.3 Å². The van der Waals surface area contributed by atoms with Gasteiger partial charge in [-0.1, -0.05) is 30.5 Å². The highest BCUT2D eigenvalue weighted by molar-refractivity contribution is 6.30. The lowest BCUT2D eigenvalue weighted by Gasteiger charge is -2.28. The molecule has 4 rings (SSSR count). The van der Waals surface area contributed by atoms with E-state index in [0.29, 0.717) is 16.8 Å². The molecule has 0 radical (unpaired) electrons. The maximum atomic E-state index is 6.37. The second-order valence-electron chi connectivity index (χ2n) is 7.95. The van der Waals surface area contributed by atoms with E-state index >= 15 is 0 Å². The van der Waals surface area contributed by atoms with Crippen LogP contribution >= 0.6 is 11.6 Å². The van der Waals surface area contributed by atoms with E-state index < -0.39 is 0 Å². The van der Waals surface area contributed by atoms with Crippen LogP contribution in [0, 0.1) is 5.92 Å². The van der Waals surface area contributed by atoms with Gasteiger partial charge in [0.2, 0.25) is 0 Å². The van der Waals surface area contributed by atoms with Gasteiger partial charge in [0.15, 0.2) is 17.0 Å². The van der Waals surface area contributed by atoms with E-state index in [9.17, 15) is 0 Å². The van der Waals surface area contributed by atoms with E-state index in [2.05, 4.69) is 28.7 Å². The van der Waals surface area contributed by atoms with Crippen molar-refractivity contribution in [3.8, 4) is 0 Å². The molecule has 2 aromatic heterocycles. The smallest absolute Gasteiger partial charge is 0.166 e. The van der Waals surface area contributed by atoms with Crippen molar-refractivity contribution in [2.24, 2.45) is 11.7 Å². The first-order valence-corrected chi connectivity index (χ1v) is 10.4. The summed E-state index contributed by atoms with van der Waals surface area (Å²) in [6.07, 6.45) is 7.32. The molecule has 0 bridgehead atoms. The number of nitrogens with one attached hydrogen (secondary N) is 1. The van der Waals surface area contributed by atoms with Crippen LogP contribution in [-0.2, 0) is 6.42 Å². The van der Waals surface area contributed by atoms with E-state index in [-0.39, 0.29) is 12.1 Å². The number of halogens is 1. The lowest BCUT2D eigenvalue weighted by atomic mass is 9.83. The number of rotatable bonds is 5. The minimum absolute atomic E-state index is 0.229. The number of benzene rings is 1. The van der Waals surface area contributed by atoms with Crippen molar-refractivity contribution in [3.05, 3.63) is 41.4 Å². The molecule has 3 N–H and O–H groups in total. The van der Waals surface area contributed by atoms with Crippen LogP contribution in [-0.4, -0.2) is 25.6 Å². The summed E-state index contributed by atoms with van der Waals surface area (Å²) in [4.78, 5) is 14.3. The third-order valence-corrected chi connectivity index (χ3v) is 5.76. The number of fused-ring (bicyclic) bond motifs is 1. The summed E-state index contributed by atoms with van der Waals surface area (Å²) in [6, 6.07) is 8.11. The van der Waals surface area contributed by atoms with Gasteiger partial charge in [-0.3, -0.25) is 0 Å². The zero-order valence-electron chi connectivity index (χ0n) is 16.4. The van der Waals surface area contributed by atoms with E-state index in [4.69, 9.17) is 27.3 Å². The maximum absolute atomic E-state index is 6.37. The monoisotopic (exact) mass is 398 g/mol. The summed E-state index contributed by atoms with van der Waals surface area (Å²) >= 11 is 6.14. The van der Waals surface area contributed by atoms with Gasteiger partial charge in [0, 0.05) is 29.2 Å². The molecule has 6 nitrogen and oxygen atoms in total. The van der Waals surface area contributed by atoms with Crippen LogP contribution in [0.5, 0.6) is 0 Å². The second kappa shape index (κ2) is 8.05. The van der Waals surface area contributed by atoms with E-state index in [1.54, 1.807) is 0 Å². The highest BCUT2D eigenvalue weighted by Crippen LogP contribution is 2.29. The van der Waals surface area contributed by atoms with Gasteiger partial charge in [-0.25, -0.2) is 15.0 Å².